The van der Waals surface area contributed by atoms with Crippen LogP contribution in [-0.2, 0) is 16.1 Å². The van der Waals surface area contributed by atoms with Crippen molar-refractivity contribution in [2.24, 2.45) is 5.73 Å². The van der Waals surface area contributed by atoms with E-state index in [1.165, 1.54) is 0 Å². The number of ether oxygens (including phenoxy) is 1. The van der Waals surface area contributed by atoms with Crippen molar-refractivity contribution < 1.29 is 9.53 Å². The first-order valence-electron chi connectivity index (χ1n) is 5.84. The quantitative estimate of drug-likeness (QED) is 0.707. The third-order valence-electron chi connectivity index (χ3n) is 2.89. The number of nitrogens with one attached hydrogen (secondary N) is 1. The number of likely N-dealkylation sites (N-methyl/N-ethyl adjacent to an activating group) is 1. The SMILES string of the molecule is CNC(=O)C1COCCN1c1nccnc1CN. The van der Waals surface area contributed by atoms with E-state index in [1.807, 2.05) is 4.90 Å². The first-order valence-corrected chi connectivity index (χ1v) is 5.84. The number of nitrogens with zero attached hydrogens (tertiary/aromatic N) is 3. The average molecular weight is 251 g/mol. The van der Waals surface area contributed by atoms with Crippen molar-refractivity contribution in [3.8, 4) is 0 Å². The molecule has 0 bridgehead atoms. The minimum absolute atomic E-state index is 0.0941. The van der Waals surface area contributed by atoms with Gasteiger partial charge in [-0.05, 0) is 0 Å². The Morgan fingerprint density at radius 1 is 1.61 bits per heavy atom. The molecule has 2 rings (SSSR count). The second-order valence-corrected chi connectivity index (χ2v) is 3.93. The summed E-state index contributed by atoms with van der Waals surface area (Å²) >= 11 is 0. The highest BCUT2D eigenvalue weighted by atomic mass is 16.5. The molecule has 1 fully saturated rings. The number of amides is 1. The van der Waals surface area contributed by atoms with E-state index in [1.54, 1.807) is 19.4 Å². The van der Waals surface area contributed by atoms with Gasteiger partial charge in [0.2, 0.25) is 5.91 Å². The van der Waals surface area contributed by atoms with E-state index < -0.39 is 0 Å². The van der Waals surface area contributed by atoms with E-state index in [0.717, 1.165) is 0 Å². The van der Waals surface area contributed by atoms with E-state index in [2.05, 4.69) is 15.3 Å². The van der Waals surface area contributed by atoms with Crippen molar-refractivity contribution in [1.29, 1.82) is 0 Å². The molecule has 18 heavy (non-hydrogen) atoms. The second-order valence-electron chi connectivity index (χ2n) is 3.93. The van der Waals surface area contributed by atoms with Crippen LogP contribution < -0.4 is 16.0 Å². The molecule has 1 saturated heterocycles. The predicted molar refractivity (Wildman–Crippen MR) is 65.9 cm³/mol. The first kappa shape index (κ1) is 12.7. The molecule has 0 aliphatic carbocycles. The van der Waals surface area contributed by atoms with Crippen LogP contribution in [0.1, 0.15) is 5.69 Å². The van der Waals surface area contributed by atoms with Crippen molar-refractivity contribution in [2.45, 2.75) is 12.6 Å². The van der Waals surface area contributed by atoms with Crippen molar-refractivity contribution >= 4 is 11.7 Å². The molecule has 1 atom stereocenters. The lowest BCUT2D eigenvalue weighted by molar-refractivity contribution is -0.124. The van der Waals surface area contributed by atoms with Crippen molar-refractivity contribution in [1.82, 2.24) is 15.3 Å². The molecule has 3 N–H and O–H groups in total. The van der Waals surface area contributed by atoms with Gasteiger partial charge in [0.15, 0.2) is 5.82 Å². The number of carbonyl (C=O) groups excluding carboxylic acids is 1. The van der Waals surface area contributed by atoms with Gasteiger partial charge in [-0.3, -0.25) is 9.78 Å². The fourth-order valence-electron chi connectivity index (χ4n) is 1.98. The topological polar surface area (TPSA) is 93.4 Å². The molecular formula is C11H17N5O2. The van der Waals surface area contributed by atoms with Gasteiger partial charge >= 0.3 is 0 Å². The molecule has 7 nitrogen and oxygen atoms in total. The molecule has 1 unspecified atom stereocenters. The summed E-state index contributed by atoms with van der Waals surface area (Å²) in [5, 5.41) is 2.63. The highest BCUT2D eigenvalue weighted by molar-refractivity contribution is 5.85. The van der Waals surface area contributed by atoms with Gasteiger partial charge in [0.1, 0.15) is 6.04 Å². The molecule has 7 heteroatoms. The maximum Gasteiger partial charge on any atom is 0.244 e. The van der Waals surface area contributed by atoms with Crippen molar-refractivity contribution in [3.63, 3.8) is 0 Å². The largest absolute Gasteiger partial charge is 0.377 e. The Bertz CT molecular complexity index is 426. The smallest absolute Gasteiger partial charge is 0.244 e. The lowest BCUT2D eigenvalue weighted by Gasteiger charge is -2.35. The number of anilines is 1. The lowest BCUT2D eigenvalue weighted by atomic mass is 10.2. The van der Waals surface area contributed by atoms with Gasteiger partial charge in [-0.25, -0.2) is 4.98 Å². The molecule has 98 valence electrons. The maximum atomic E-state index is 11.8. The highest BCUT2D eigenvalue weighted by Gasteiger charge is 2.31. The number of aromatic nitrogens is 2. The van der Waals surface area contributed by atoms with Crippen LogP contribution in [0.4, 0.5) is 5.82 Å². The van der Waals surface area contributed by atoms with Gasteiger partial charge in [-0.1, -0.05) is 0 Å². The van der Waals surface area contributed by atoms with Crippen LogP contribution >= 0.6 is 0 Å². The van der Waals surface area contributed by atoms with E-state index in [-0.39, 0.29) is 11.9 Å². The Morgan fingerprint density at radius 3 is 3.11 bits per heavy atom. The Hall–Kier alpha value is -1.73. The first-order chi connectivity index (χ1) is 8.77. The highest BCUT2D eigenvalue weighted by Crippen LogP contribution is 2.19. The van der Waals surface area contributed by atoms with E-state index in [4.69, 9.17) is 10.5 Å². The van der Waals surface area contributed by atoms with E-state index in [0.29, 0.717) is 37.8 Å². The Labute approximate surface area is 105 Å². The van der Waals surface area contributed by atoms with Crippen LogP contribution in [0.15, 0.2) is 12.4 Å². The van der Waals surface area contributed by atoms with Crippen LogP contribution in [0.3, 0.4) is 0 Å². The summed E-state index contributed by atoms with van der Waals surface area (Å²) in [6.45, 7) is 1.80. The van der Waals surface area contributed by atoms with Gasteiger partial charge in [0, 0.05) is 32.5 Å². The second kappa shape index (κ2) is 5.74. The summed E-state index contributed by atoms with van der Waals surface area (Å²) in [6, 6.07) is -0.384. The summed E-state index contributed by atoms with van der Waals surface area (Å²) in [5.74, 6) is 0.570. The number of hydrogen-bond donors (Lipinski definition) is 2. The normalized spacial score (nSPS) is 19.7. The molecule has 0 spiro atoms. The van der Waals surface area contributed by atoms with E-state index >= 15 is 0 Å². The molecule has 1 aromatic heterocycles. The molecule has 1 amide bonds. The number of morpholine rings is 1. The summed E-state index contributed by atoms with van der Waals surface area (Å²) < 4.78 is 5.35. The van der Waals surface area contributed by atoms with Crippen LogP contribution in [-0.4, -0.2) is 48.7 Å². The van der Waals surface area contributed by atoms with Gasteiger partial charge in [0.05, 0.1) is 18.9 Å². The molecule has 1 aromatic rings. The summed E-state index contributed by atoms with van der Waals surface area (Å²) in [5.41, 5.74) is 6.34. The molecule has 1 aliphatic heterocycles. The van der Waals surface area contributed by atoms with Crippen molar-refractivity contribution in [2.75, 3.05) is 31.7 Å². The lowest BCUT2D eigenvalue weighted by Crippen LogP contribution is -2.54. The molecular weight excluding hydrogens is 234 g/mol. The number of nitrogens with two attached hydrogens (primary N) is 1. The maximum absolute atomic E-state index is 11.8. The van der Waals surface area contributed by atoms with Gasteiger partial charge < -0.3 is 20.7 Å². The fraction of sp³-hybridized carbons (Fsp3) is 0.545. The van der Waals surface area contributed by atoms with Gasteiger partial charge in [-0.2, -0.15) is 0 Å². The molecule has 0 aromatic carbocycles. The zero-order chi connectivity index (χ0) is 13.0. The minimum Gasteiger partial charge on any atom is -0.377 e. The zero-order valence-corrected chi connectivity index (χ0v) is 10.3. The Morgan fingerprint density at radius 2 is 2.39 bits per heavy atom. The summed E-state index contributed by atoms with van der Waals surface area (Å²) in [7, 11) is 1.61. The molecule has 0 radical (unpaired) electrons. The standard InChI is InChI=1S/C11H17N5O2/c1-13-11(17)9-7-18-5-4-16(9)10-8(6-12)14-2-3-15-10/h2-3,9H,4-7,12H2,1H3,(H,13,17). The zero-order valence-electron chi connectivity index (χ0n) is 10.3. The third kappa shape index (κ3) is 2.41. The fourth-order valence-corrected chi connectivity index (χ4v) is 1.98. The Balaban J connectivity index is 2.30. The van der Waals surface area contributed by atoms with Gasteiger partial charge in [-0.15, -0.1) is 0 Å². The average Bonchev–Trinajstić information content (AvgIpc) is 2.46. The number of rotatable bonds is 3. The van der Waals surface area contributed by atoms with E-state index in [9.17, 15) is 4.79 Å². The van der Waals surface area contributed by atoms with Crippen molar-refractivity contribution in [3.05, 3.63) is 18.1 Å². The summed E-state index contributed by atoms with van der Waals surface area (Å²) in [6.07, 6.45) is 3.20. The minimum atomic E-state index is -0.384. The molecule has 1 aliphatic rings. The summed E-state index contributed by atoms with van der Waals surface area (Å²) in [4.78, 5) is 22.2. The van der Waals surface area contributed by atoms with Crippen LogP contribution in [0.2, 0.25) is 0 Å². The third-order valence-corrected chi connectivity index (χ3v) is 2.89. The van der Waals surface area contributed by atoms with Crippen LogP contribution in [0.5, 0.6) is 0 Å². The van der Waals surface area contributed by atoms with Crippen LogP contribution in [0, 0.1) is 0 Å². The predicted octanol–water partition coefficient (Wildman–Crippen LogP) is -1.11. The molecule has 2 heterocycles. The van der Waals surface area contributed by atoms with Crippen LogP contribution in [0.25, 0.3) is 0 Å². The number of carbonyl (C=O) groups is 1. The monoisotopic (exact) mass is 251 g/mol. The Kier molecular flexibility index (Phi) is 4.06. The number of hydrogen-bond acceptors (Lipinski definition) is 6. The van der Waals surface area contributed by atoms with Gasteiger partial charge in [0.25, 0.3) is 0 Å². The molecule has 0 saturated carbocycles.